The minimum Gasteiger partial charge on any atom is -0.356 e. The van der Waals surface area contributed by atoms with Gasteiger partial charge in [-0.2, -0.15) is 0 Å². The molecule has 1 aromatic carbocycles. The minimum atomic E-state index is 0.0346. The summed E-state index contributed by atoms with van der Waals surface area (Å²) < 4.78 is 1.75. The van der Waals surface area contributed by atoms with Crippen molar-refractivity contribution in [3.8, 4) is 0 Å². The van der Waals surface area contributed by atoms with Gasteiger partial charge in [0, 0.05) is 39.2 Å². The van der Waals surface area contributed by atoms with Crippen LogP contribution in [0.25, 0.3) is 10.9 Å². The summed E-state index contributed by atoms with van der Waals surface area (Å²) in [5.74, 6) is 0.622. The number of para-hydroxylation sites is 1. The molecular formula is C20H27N3O2. The molecule has 1 aromatic heterocycles. The van der Waals surface area contributed by atoms with E-state index in [1.165, 1.54) is 6.42 Å². The number of benzene rings is 1. The van der Waals surface area contributed by atoms with Crippen LogP contribution in [0.2, 0.25) is 0 Å². The molecule has 1 aliphatic heterocycles. The summed E-state index contributed by atoms with van der Waals surface area (Å²) >= 11 is 0. The fraction of sp³-hybridized carbons (Fsp3) is 0.500. The molecule has 134 valence electrons. The van der Waals surface area contributed by atoms with Gasteiger partial charge in [0.2, 0.25) is 5.91 Å². The predicted octanol–water partition coefficient (Wildman–Crippen LogP) is 2.28. The Hall–Kier alpha value is -2.14. The van der Waals surface area contributed by atoms with Gasteiger partial charge in [0.15, 0.2) is 0 Å². The van der Waals surface area contributed by atoms with E-state index in [0.29, 0.717) is 12.5 Å². The van der Waals surface area contributed by atoms with E-state index >= 15 is 0 Å². The standard InChI is InChI=1S/C20H27N3O2/c1-15(24)21-10-9-16-6-5-11-23(13-16)14-18-12-17-7-3-4-8-19(17)22(2)20(18)25/h3-4,7-8,12,16H,5-6,9-11,13-14H2,1-2H3,(H,21,24)/t16-/m0/s1. The molecule has 0 radical (unpaired) electrons. The molecule has 0 saturated carbocycles. The van der Waals surface area contributed by atoms with Crippen LogP contribution >= 0.6 is 0 Å². The first-order valence-electron chi connectivity index (χ1n) is 9.09. The number of carbonyl (C=O) groups is 1. The minimum absolute atomic E-state index is 0.0346. The van der Waals surface area contributed by atoms with Gasteiger partial charge in [-0.15, -0.1) is 0 Å². The summed E-state index contributed by atoms with van der Waals surface area (Å²) in [6, 6.07) is 10.1. The van der Waals surface area contributed by atoms with E-state index in [0.717, 1.165) is 48.9 Å². The highest BCUT2D eigenvalue weighted by molar-refractivity contribution is 5.79. The van der Waals surface area contributed by atoms with Crippen molar-refractivity contribution < 1.29 is 4.79 Å². The maximum absolute atomic E-state index is 12.7. The summed E-state index contributed by atoms with van der Waals surface area (Å²) in [6.07, 6.45) is 3.36. The van der Waals surface area contributed by atoms with E-state index in [1.807, 2.05) is 31.3 Å². The molecular weight excluding hydrogens is 314 g/mol. The van der Waals surface area contributed by atoms with E-state index in [2.05, 4.69) is 16.3 Å². The average molecular weight is 341 g/mol. The van der Waals surface area contributed by atoms with Crippen molar-refractivity contribution in [2.75, 3.05) is 19.6 Å². The van der Waals surface area contributed by atoms with Crippen LogP contribution in [0.1, 0.15) is 31.7 Å². The molecule has 2 aromatic rings. The van der Waals surface area contributed by atoms with Gasteiger partial charge in [0.05, 0.1) is 5.52 Å². The first kappa shape index (κ1) is 17.7. The van der Waals surface area contributed by atoms with Crippen LogP contribution in [0.5, 0.6) is 0 Å². The largest absolute Gasteiger partial charge is 0.356 e. The molecule has 1 amide bonds. The molecule has 5 nitrogen and oxygen atoms in total. The zero-order valence-electron chi connectivity index (χ0n) is 15.1. The second kappa shape index (κ2) is 7.83. The van der Waals surface area contributed by atoms with Crippen molar-refractivity contribution in [1.29, 1.82) is 0 Å². The number of likely N-dealkylation sites (tertiary alicyclic amines) is 1. The first-order valence-corrected chi connectivity index (χ1v) is 9.09. The molecule has 5 heteroatoms. The third-order valence-electron chi connectivity index (χ3n) is 5.13. The molecule has 0 aliphatic carbocycles. The van der Waals surface area contributed by atoms with Crippen LogP contribution < -0.4 is 10.9 Å². The number of hydrogen-bond acceptors (Lipinski definition) is 3. The molecule has 2 heterocycles. The number of fused-ring (bicyclic) bond motifs is 1. The number of aryl methyl sites for hydroxylation is 1. The van der Waals surface area contributed by atoms with Crippen molar-refractivity contribution in [1.82, 2.24) is 14.8 Å². The fourth-order valence-electron chi connectivity index (χ4n) is 3.83. The van der Waals surface area contributed by atoms with Crippen molar-refractivity contribution in [2.45, 2.75) is 32.7 Å². The Morgan fingerprint density at radius 2 is 2.12 bits per heavy atom. The van der Waals surface area contributed by atoms with Gasteiger partial charge in [-0.1, -0.05) is 18.2 Å². The van der Waals surface area contributed by atoms with E-state index in [4.69, 9.17) is 0 Å². The lowest BCUT2D eigenvalue weighted by Gasteiger charge is -2.32. The van der Waals surface area contributed by atoms with Crippen molar-refractivity contribution in [3.63, 3.8) is 0 Å². The zero-order valence-corrected chi connectivity index (χ0v) is 15.1. The molecule has 1 N–H and O–H groups in total. The Balaban J connectivity index is 1.69. The number of rotatable bonds is 5. The molecule has 1 fully saturated rings. The highest BCUT2D eigenvalue weighted by atomic mass is 16.1. The lowest BCUT2D eigenvalue weighted by Crippen LogP contribution is -2.38. The van der Waals surface area contributed by atoms with Gasteiger partial charge in [-0.25, -0.2) is 0 Å². The highest BCUT2D eigenvalue weighted by Crippen LogP contribution is 2.21. The second-order valence-electron chi connectivity index (χ2n) is 7.11. The van der Waals surface area contributed by atoms with Gasteiger partial charge >= 0.3 is 0 Å². The normalized spacial score (nSPS) is 18.4. The van der Waals surface area contributed by atoms with Crippen LogP contribution in [0, 0.1) is 5.92 Å². The quantitative estimate of drug-likeness (QED) is 0.908. The summed E-state index contributed by atoms with van der Waals surface area (Å²) in [5, 5.41) is 3.99. The van der Waals surface area contributed by atoms with Crippen LogP contribution in [0.4, 0.5) is 0 Å². The maximum atomic E-state index is 12.7. The molecule has 0 bridgehead atoms. The van der Waals surface area contributed by atoms with Gasteiger partial charge in [-0.3, -0.25) is 14.5 Å². The number of aromatic nitrogens is 1. The van der Waals surface area contributed by atoms with Crippen molar-refractivity contribution in [2.24, 2.45) is 13.0 Å². The molecule has 1 saturated heterocycles. The van der Waals surface area contributed by atoms with Gasteiger partial charge in [-0.05, 0) is 49.2 Å². The van der Waals surface area contributed by atoms with E-state index in [-0.39, 0.29) is 11.5 Å². The van der Waals surface area contributed by atoms with Crippen molar-refractivity contribution >= 4 is 16.8 Å². The number of pyridine rings is 1. The monoisotopic (exact) mass is 341 g/mol. The third-order valence-corrected chi connectivity index (χ3v) is 5.13. The van der Waals surface area contributed by atoms with Gasteiger partial charge in [0.25, 0.3) is 5.56 Å². The summed E-state index contributed by atoms with van der Waals surface area (Å²) in [5.41, 5.74) is 1.94. The molecule has 1 atom stereocenters. The number of nitrogens with zero attached hydrogens (tertiary/aromatic N) is 2. The smallest absolute Gasteiger partial charge is 0.255 e. The van der Waals surface area contributed by atoms with Gasteiger partial charge in [0.1, 0.15) is 0 Å². The number of nitrogens with one attached hydrogen (secondary N) is 1. The average Bonchev–Trinajstić information content (AvgIpc) is 2.59. The Morgan fingerprint density at radius 3 is 2.92 bits per heavy atom. The summed E-state index contributed by atoms with van der Waals surface area (Å²) in [7, 11) is 1.85. The molecule has 25 heavy (non-hydrogen) atoms. The lowest BCUT2D eigenvalue weighted by molar-refractivity contribution is -0.119. The number of carbonyl (C=O) groups excluding carboxylic acids is 1. The van der Waals surface area contributed by atoms with Crippen LogP contribution in [-0.4, -0.2) is 35.0 Å². The van der Waals surface area contributed by atoms with E-state index in [1.54, 1.807) is 11.5 Å². The van der Waals surface area contributed by atoms with Crippen molar-refractivity contribution in [3.05, 3.63) is 46.2 Å². The number of piperidine rings is 1. The Bertz CT molecular complexity index is 812. The molecule has 0 spiro atoms. The highest BCUT2D eigenvalue weighted by Gasteiger charge is 2.21. The number of hydrogen-bond donors (Lipinski definition) is 1. The van der Waals surface area contributed by atoms with Crippen LogP contribution in [0.3, 0.4) is 0 Å². The topological polar surface area (TPSA) is 54.3 Å². The fourth-order valence-corrected chi connectivity index (χ4v) is 3.83. The molecule has 1 aliphatic rings. The van der Waals surface area contributed by atoms with Crippen LogP contribution in [0.15, 0.2) is 35.1 Å². The number of amides is 1. The zero-order chi connectivity index (χ0) is 17.8. The Labute approximate surface area is 148 Å². The summed E-state index contributed by atoms with van der Waals surface area (Å²) in [4.78, 5) is 26.1. The van der Waals surface area contributed by atoms with E-state index in [9.17, 15) is 9.59 Å². The second-order valence-corrected chi connectivity index (χ2v) is 7.11. The third kappa shape index (κ3) is 4.28. The Kier molecular flexibility index (Phi) is 5.53. The lowest BCUT2D eigenvalue weighted by atomic mass is 9.94. The molecule has 0 unspecified atom stereocenters. The van der Waals surface area contributed by atoms with Gasteiger partial charge < -0.3 is 9.88 Å². The maximum Gasteiger partial charge on any atom is 0.255 e. The predicted molar refractivity (Wildman–Crippen MR) is 100 cm³/mol. The SMILES string of the molecule is CC(=O)NCC[C@@H]1CCCN(Cc2cc3ccccc3n(C)c2=O)C1. The first-order chi connectivity index (χ1) is 12.0. The van der Waals surface area contributed by atoms with Crippen LogP contribution in [-0.2, 0) is 18.4 Å². The molecule has 3 rings (SSSR count). The summed E-state index contributed by atoms with van der Waals surface area (Å²) in [6.45, 7) is 5.03. The van der Waals surface area contributed by atoms with E-state index < -0.39 is 0 Å². The Morgan fingerprint density at radius 1 is 1.32 bits per heavy atom.